The average Bonchev–Trinajstić information content (AvgIpc) is 3.67. The van der Waals surface area contributed by atoms with Crippen LogP contribution in [0, 0.1) is 10.8 Å². The number of quaternary nitrogens is 1. The Morgan fingerprint density at radius 1 is 0.782 bits per heavy atom. The van der Waals surface area contributed by atoms with E-state index in [0.717, 1.165) is 12.8 Å². The molecule has 5 rings (SSSR count). The van der Waals surface area contributed by atoms with Gasteiger partial charge in [-0.05, 0) is 37.5 Å². The van der Waals surface area contributed by atoms with Gasteiger partial charge in [0.25, 0.3) is 5.60 Å². The summed E-state index contributed by atoms with van der Waals surface area (Å²) in [5, 5.41) is 0. The number of carbonyl (C=O) groups excluding carboxylic acids is 4. The molecule has 3 fully saturated rings. The molecule has 0 amide bonds. The molecule has 0 saturated carbocycles. The molecule has 2 aromatic rings. The van der Waals surface area contributed by atoms with Gasteiger partial charge < -0.3 is 28.2 Å². The van der Waals surface area contributed by atoms with E-state index in [-0.39, 0.29) is 43.7 Å². The third-order valence-corrected chi connectivity index (χ3v) is 11.9. The second kappa shape index (κ2) is 18.0. The number of hydrogen-bond acceptors (Lipinski definition) is 9. The van der Waals surface area contributed by atoms with E-state index in [1.54, 1.807) is 0 Å². The van der Waals surface area contributed by atoms with Crippen LogP contribution in [0.1, 0.15) is 124 Å². The van der Waals surface area contributed by atoms with E-state index in [9.17, 15) is 19.2 Å². The maximum Gasteiger partial charge on any atom is 0.360 e. The van der Waals surface area contributed by atoms with Gasteiger partial charge in [-0.2, -0.15) is 0 Å². The Morgan fingerprint density at radius 2 is 1.35 bits per heavy atom. The van der Waals surface area contributed by atoms with Crippen LogP contribution in [-0.4, -0.2) is 85.1 Å². The third kappa shape index (κ3) is 10.8. The lowest BCUT2D eigenvalue weighted by Gasteiger charge is -2.47. The lowest BCUT2D eigenvalue weighted by molar-refractivity contribution is -0.956. The number of carbonyl (C=O) groups is 4. The monoisotopic (exact) mass is 762 g/mol. The van der Waals surface area contributed by atoms with E-state index in [2.05, 4.69) is 13.8 Å². The molecule has 0 aliphatic carbocycles. The fourth-order valence-corrected chi connectivity index (χ4v) is 9.80. The van der Waals surface area contributed by atoms with E-state index in [1.165, 1.54) is 50.2 Å². The van der Waals surface area contributed by atoms with Crippen LogP contribution < -0.4 is 0 Å². The Balaban J connectivity index is 1.28. The van der Waals surface area contributed by atoms with Crippen LogP contribution in [0.15, 0.2) is 60.7 Å². The van der Waals surface area contributed by atoms with Gasteiger partial charge in [-0.3, -0.25) is 14.4 Å². The predicted octanol–water partition coefficient (Wildman–Crippen LogP) is 7.83. The van der Waals surface area contributed by atoms with Crippen molar-refractivity contribution in [3.8, 4) is 0 Å². The highest BCUT2D eigenvalue weighted by Crippen LogP contribution is 2.47. The molecule has 10 heteroatoms. The summed E-state index contributed by atoms with van der Waals surface area (Å²) < 4.78 is 30.5. The fraction of sp³-hybridized carbons (Fsp3) is 0.644. The zero-order chi connectivity index (χ0) is 39.9. The lowest BCUT2D eigenvalue weighted by Crippen LogP contribution is -2.60. The number of benzene rings is 2. The van der Waals surface area contributed by atoms with Crippen molar-refractivity contribution in [1.29, 1.82) is 0 Å². The van der Waals surface area contributed by atoms with Crippen molar-refractivity contribution in [3.05, 3.63) is 71.8 Å². The number of nitrogens with zero attached hydrogens (tertiary/aromatic N) is 1. The van der Waals surface area contributed by atoms with Crippen molar-refractivity contribution in [1.82, 2.24) is 0 Å². The van der Waals surface area contributed by atoms with Crippen molar-refractivity contribution in [2.75, 3.05) is 26.3 Å². The van der Waals surface area contributed by atoms with Crippen LogP contribution in [0.5, 0.6) is 0 Å². The van der Waals surface area contributed by atoms with Crippen LogP contribution in [-0.2, 0) is 48.5 Å². The second-order valence-corrected chi connectivity index (χ2v) is 18.0. The lowest BCUT2D eigenvalue weighted by atomic mass is 9.71. The molecule has 2 aromatic carbocycles. The molecule has 55 heavy (non-hydrogen) atoms. The molecule has 3 saturated heterocycles. The first kappa shape index (κ1) is 42.4. The fourth-order valence-electron chi connectivity index (χ4n) is 9.80. The average molecular weight is 763 g/mol. The molecular formula is C45H64NO9+. The predicted molar refractivity (Wildman–Crippen MR) is 209 cm³/mol. The number of piperidine rings is 1. The largest absolute Gasteiger partial charge is 0.462 e. The van der Waals surface area contributed by atoms with Crippen LogP contribution >= 0.6 is 0 Å². The van der Waals surface area contributed by atoms with Gasteiger partial charge in [-0.1, -0.05) is 88.4 Å². The summed E-state index contributed by atoms with van der Waals surface area (Å²) in [6, 6.07) is 19.5. The molecule has 3 aliphatic rings. The van der Waals surface area contributed by atoms with E-state index in [0.29, 0.717) is 36.1 Å². The Labute approximate surface area is 328 Å². The number of ether oxygens (including phenoxy) is 5. The van der Waals surface area contributed by atoms with Gasteiger partial charge in [-0.25, -0.2) is 4.79 Å². The second-order valence-electron chi connectivity index (χ2n) is 18.0. The molecule has 2 bridgehead atoms. The van der Waals surface area contributed by atoms with Gasteiger partial charge >= 0.3 is 23.9 Å². The van der Waals surface area contributed by atoms with Gasteiger partial charge in [0.15, 0.2) is 6.10 Å². The minimum absolute atomic E-state index is 0.0418. The van der Waals surface area contributed by atoms with E-state index < -0.39 is 41.0 Å². The van der Waals surface area contributed by atoms with Crippen LogP contribution in [0.2, 0.25) is 0 Å². The maximum atomic E-state index is 14.8. The molecule has 1 spiro atoms. The molecule has 10 nitrogen and oxygen atoms in total. The van der Waals surface area contributed by atoms with E-state index in [1.807, 2.05) is 88.4 Å². The Bertz CT molecular complexity index is 1540. The molecule has 0 radical (unpaired) electrons. The molecule has 3 atom stereocenters. The highest BCUT2D eigenvalue weighted by molar-refractivity contribution is 5.89. The summed E-state index contributed by atoms with van der Waals surface area (Å²) >= 11 is 0. The SMILES string of the molecule is CC(=O)OCC(COC(C)C)OC(=O)CCC(C)(C)CC(C)(C)CC(=O)OC(C(=O)OC1CC2CCC(C1)[N+]21CCCC1)(c1ccccc1)c1ccccc1. The minimum Gasteiger partial charge on any atom is -0.462 e. The first-order chi connectivity index (χ1) is 26.0. The quantitative estimate of drug-likeness (QED) is 0.0852. The van der Waals surface area contributed by atoms with Crippen LogP contribution in [0.25, 0.3) is 0 Å². The summed E-state index contributed by atoms with van der Waals surface area (Å²) in [6.07, 6.45) is 6.84. The van der Waals surface area contributed by atoms with Gasteiger partial charge in [0.2, 0.25) is 0 Å². The summed E-state index contributed by atoms with van der Waals surface area (Å²) in [7, 11) is 0. The van der Waals surface area contributed by atoms with Crippen LogP contribution in [0.3, 0.4) is 0 Å². The first-order valence-electron chi connectivity index (χ1n) is 20.4. The summed E-state index contributed by atoms with van der Waals surface area (Å²) in [5.74, 6) is -1.93. The molecule has 302 valence electrons. The van der Waals surface area contributed by atoms with Gasteiger partial charge in [0.1, 0.15) is 12.7 Å². The molecule has 3 unspecified atom stereocenters. The summed E-state index contributed by atoms with van der Waals surface area (Å²) in [6.45, 7) is 15.7. The maximum absolute atomic E-state index is 14.8. The van der Waals surface area contributed by atoms with Gasteiger partial charge in [-0.15, -0.1) is 0 Å². The zero-order valence-corrected chi connectivity index (χ0v) is 34.2. The Morgan fingerprint density at radius 3 is 1.87 bits per heavy atom. The Kier molecular flexibility index (Phi) is 13.9. The first-order valence-corrected chi connectivity index (χ1v) is 20.4. The molecule has 0 N–H and O–H groups in total. The summed E-state index contributed by atoms with van der Waals surface area (Å²) in [5.41, 5.74) is -1.60. The van der Waals surface area contributed by atoms with Crippen LogP contribution in [0.4, 0.5) is 0 Å². The standard InChI is InChI=1S/C45H64NO9/c1-32(2)51-29-39(30-52-33(3)47)53-40(48)22-23-43(4,5)31-44(6,7)28-41(49)55-45(34-16-10-8-11-17-34,35-18-12-9-13-19-35)42(50)54-38-26-36-20-21-37(27-38)46(36)24-14-15-25-46/h8-13,16-19,32,36-39H,14-15,20-31H2,1-7H3/q+1. The molecule has 0 aromatic heterocycles. The normalized spacial score (nSPS) is 21.3. The highest BCUT2D eigenvalue weighted by Gasteiger charge is 2.57. The zero-order valence-electron chi connectivity index (χ0n) is 34.2. The number of hydrogen-bond donors (Lipinski definition) is 0. The number of esters is 4. The van der Waals surface area contributed by atoms with Crippen molar-refractivity contribution in [2.45, 2.75) is 149 Å². The van der Waals surface area contributed by atoms with E-state index >= 15 is 0 Å². The molecule has 3 heterocycles. The summed E-state index contributed by atoms with van der Waals surface area (Å²) in [4.78, 5) is 53.4. The highest BCUT2D eigenvalue weighted by atomic mass is 16.6. The van der Waals surface area contributed by atoms with Crippen molar-refractivity contribution < 1.29 is 47.3 Å². The topological polar surface area (TPSA) is 114 Å². The van der Waals surface area contributed by atoms with Crippen molar-refractivity contribution >= 4 is 23.9 Å². The van der Waals surface area contributed by atoms with Crippen molar-refractivity contribution in [3.63, 3.8) is 0 Å². The van der Waals surface area contributed by atoms with Gasteiger partial charge in [0.05, 0.1) is 44.3 Å². The smallest absolute Gasteiger partial charge is 0.360 e. The van der Waals surface area contributed by atoms with Gasteiger partial charge in [0, 0.05) is 63.0 Å². The van der Waals surface area contributed by atoms with Crippen molar-refractivity contribution in [2.24, 2.45) is 10.8 Å². The minimum atomic E-state index is -1.78. The third-order valence-electron chi connectivity index (χ3n) is 11.9. The van der Waals surface area contributed by atoms with E-state index in [4.69, 9.17) is 23.7 Å². The molecule has 3 aliphatic heterocycles. The Hall–Kier alpha value is -3.76. The number of rotatable bonds is 18. The molecular weight excluding hydrogens is 698 g/mol.